The Morgan fingerprint density at radius 2 is 2.04 bits per heavy atom. The summed E-state index contributed by atoms with van der Waals surface area (Å²) in [6.07, 6.45) is 5.45. The van der Waals surface area contributed by atoms with E-state index < -0.39 is 0 Å². The number of amides is 1. The molecule has 2 heterocycles. The van der Waals surface area contributed by atoms with E-state index in [0.717, 1.165) is 38.2 Å². The quantitative estimate of drug-likeness (QED) is 0.821. The number of hydrogen-bond acceptors (Lipinski definition) is 4. The van der Waals surface area contributed by atoms with E-state index in [0.29, 0.717) is 12.1 Å². The summed E-state index contributed by atoms with van der Waals surface area (Å²) >= 11 is 0. The highest BCUT2D eigenvalue weighted by atomic mass is 16.1. The summed E-state index contributed by atoms with van der Waals surface area (Å²) in [5.74, 6) is -0.0504. The molecule has 2 aromatic rings. The van der Waals surface area contributed by atoms with Crippen LogP contribution in [0.25, 0.3) is 0 Å². The van der Waals surface area contributed by atoms with Gasteiger partial charge in [-0.25, -0.2) is 0 Å². The van der Waals surface area contributed by atoms with Gasteiger partial charge in [0.05, 0.1) is 17.4 Å². The average molecular weight is 338 g/mol. The van der Waals surface area contributed by atoms with Crippen molar-refractivity contribution in [3.8, 4) is 0 Å². The van der Waals surface area contributed by atoms with Crippen molar-refractivity contribution in [1.82, 2.24) is 15.2 Å². The van der Waals surface area contributed by atoms with Gasteiger partial charge in [-0.3, -0.25) is 9.78 Å². The number of fused-ring (bicyclic) bond motifs is 1. The molecule has 1 aliphatic rings. The van der Waals surface area contributed by atoms with Crippen molar-refractivity contribution in [2.24, 2.45) is 0 Å². The van der Waals surface area contributed by atoms with Crippen molar-refractivity contribution < 1.29 is 4.79 Å². The Morgan fingerprint density at radius 1 is 1.24 bits per heavy atom. The predicted octanol–water partition coefficient (Wildman–Crippen LogP) is 2.33. The zero-order chi connectivity index (χ0) is 17.6. The second-order valence-electron chi connectivity index (χ2n) is 6.78. The Hall–Kier alpha value is -2.40. The Bertz CT molecular complexity index is 729. The molecule has 3 rings (SSSR count). The highest BCUT2D eigenvalue weighted by Gasteiger charge is 2.17. The van der Waals surface area contributed by atoms with Gasteiger partial charge in [0, 0.05) is 25.8 Å². The lowest BCUT2D eigenvalue weighted by atomic mass is 9.99. The third-order valence-corrected chi connectivity index (χ3v) is 4.55. The second kappa shape index (κ2) is 8.12. The molecule has 1 amide bonds. The lowest BCUT2D eigenvalue weighted by molar-refractivity contribution is 0.0952. The molecule has 0 atom stereocenters. The van der Waals surface area contributed by atoms with Crippen LogP contribution in [0, 0.1) is 0 Å². The maximum Gasteiger partial charge on any atom is 0.252 e. The minimum absolute atomic E-state index is 0.0504. The highest BCUT2D eigenvalue weighted by molar-refractivity contribution is 5.94. The number of nitrogens with one attached hydrogen (secondary N) is 1. The molecule has 1 aliphatic heterocycles. The highest BCUT2D eigenvalue weighted by Crippen LogP contribution is 2.24. The molecule has 0 aliphatic carbocycles. The number of carbonyl (C=O) groups excluding carboxylic acids is 1. The number of rotatable bonds is 6. The SMILES string of the molecule is CN(C)CCCNC(=O)c1cncc(N2CCc3ccccc3C2)c1. The van der Waals surface area contributed by atoms with E-state index in [2.05, 4.69) is 44.4 Å². The fourth-order valence-corrected chi connectivity index (χ4v) is 3.14. The molecule has 5 nitrogen and oxygen atoms in total. The molecule has 0 radical (unpaired) electrons. The van der Waals surface area contributed by atoms with Crippen LogP contribution in [0.2, 0.25) is 0 Å². The molecule has 0 saturated heterocycles. The van der Waals surface area contributed by atoms with Crippen LogP contribution in [0.3, 0.4) is 0 Å². The number of anilines is 1. The van der Waals surface area contributed by atoms with Crippen LogP contribution >= 0.6 is 0 Å². The molecule has 5 heteroatoms. The zero-order valence-corrected chi connectivity index (χ0v) is 15.0. The summed E-state index contributed by atoms with van der Waals surface area (Å²) in [5, 5.41) is 2.98. The van der Waals surface area contributed by atoms with E-state index >= 15 is 0 Å². The van der Waals surface area contributed by atoms with E-state index in [-0.39, 0.29) is 5.91 Å². The van der Waals surface area contributed by atoms with Gasteiger partial charge in [-0.15, -0.1) is 0 Å². The first-order chi connectivity index (χ1) is 12.1. The average Bonchev–Trinajstić information content (AvgIpc) is 2.64. The van der Waals surface area contributed by atoms with Gasteiger partial charge in [-0.2, -0.15) is 0 Å². The molecule has 0 unspecified atom stereocenters. The molecule has 0 bridgehead atoms. The lowest BCUT2D eigenvalue weighted by Crippen LogP contribution is -2.31. The van der Waals surface area contributed by atoms with Crippen LogP contribution in [-0.2, 0) is 13.0 Å². The third-order valence-electron chi connectivity index (χ3n) is 4.55. The van der Waals surface area contributed by atoms with Gasteiger partial charge in [0.2, 0.25) is 0 Å². The summed E-state index contributed by atoms with van der Waals surface area (Å²) < 4.78 is 0. The van der Waals surface area contributed by atoms with Crippen LogP contribution in [0.4, 0.5) is 5.69 Å². The molecule has 132 valence electrons. The molecule has 1 N–H and O–H groups in total. The first-order valence-corrected chi connectivity index (χ1v) is 8.83. The number of aromatic nitrogens is 1. The third kappa shape index (κ3) is 4.57. The van der Waals surface area contributed by atoms with Gasteiger partial charge in [-0.1, -0.05) is 24.3 Å². The normalized spacial score (nSPS) is 13.6. The largest absolute Gasteiger partial charge is 0.366 e. The zero-order valence-electron chi connectivity index (χ0n) is 15.0. The summed E-state index contributed by atoms with van der Waals surface area (Å²) in [7, 11) is 4.07. The topological polar surface area (TPSA) is 48.5 Å². The summed E-state index contributed by atoms with van der Waals surface area (Å²) in [6.45, 7) is 3.46. The summed E-state index contributed by atoms with van der Waals surface area (Å²) in [5.41, 5.74) is 4.41. The van der Waals surface area contributed by atoms with Crippen LogP contribution in [0.1, 0.15) is 27.9 Å². The Morgan fingerprint density at radius 3 is 2.84 bits per heavy atom. The van der Waals surface area contributed by atoms with Gasteiger partial charge < -0.3 is 15.1 Å². The first-order valence-electron chi connectivity index (χ1n) is 8.83. The smallest absolute Gasteiger partial charge is 0.252 e. The summed E-state index contributed by atoms with van der Waals surface area (Å²) in [4.78, 5) is 21.0. The van der Waals surface area contributed by atoms with Crippen molar-refractivity contribution in [2.45, 2.75) is 19.4 Å². The van der Waals surface area contributed by atoms with Crippen LogP contribution in [0.15, 0.2) is 42.7 Å². The molecule has 0 saturated carbocycles. The maximum absolute atomic E-state index is 12.3. The van der Waals surface area contributed by atoms with Crippen molar-refractivity contribution >= 4 is 11.6 Å². The van der Waals surface area contributed by atoms with E-state index in [4.69, 9.17) is 0 Å². The number of carbonyl (C=O) groups is 1. The number of benzene rings is 1. The molecule has 0 spiro atoms. The molecular weight excluding hydrogens is 312 g/mol. The van der Waals surface area contributed by atoms with Crippen molar-refractivity contribution in [3.05, 3.63) is 59.4 Å². The Labute approximate surface area is 149 Å². The summed E-state index contributed by atoms with van der Waals surface area (Å²) in [6, 6.07) is 10.5. The predicted molar refractivity (Wildman–Crippen MR) is 101 cm³/mol. The van der Waals surface area contributed by atoms with E-state index in [1.165, 1.54) is 11.1 Å². The Balaban J connectivity index is 1.63. The van der Waals surface area contributed by atoms with Crippen molar-refractivity contribution in [2.75, 3.05) is 38.6 Å². The monoisotopic (exact) mass is 338 g/mol. The van der Waals surface area contributed by atoms with Gasteiger partial charge in [0.25, 0.3) is 5.91 Å². The molecular formula is C20H26N4O. The fourth-order valence-electron chi connectivity index (χ4n) is 3.14. The van der Waals surface area contributed by atoms with Crippen LogP contribution in [0.5, 0.6) is 0 Å². The van der Waals surface area contributed by atoms with Crippen LogP contribution < -0.4 is 10.2 Å². The van der Waals surface area contributed by atoms with Gasteiger partial charge in [0.1, 0.15) is 0 Å². The Kier molecular flexibility index (Phi) is 5.66. The number of hydrogen-bond donors (Lipinski definition) is 1. The van der Waals surface area contributed by atoms with Gasteiger partial charge >= 0.3 is 0 Å². The van der Waals surface area contributed by atoms with E-state index in [1.54, 1.807) is 6.20 Å². The van der Waals surface area contributed by atoms with Crippen LogP contribution in [-0.4, -0.2) is 49.5 Å². The standard InChI is InChI=1S/C20H26N4O/c1-23(2)10-5-9-22-20(25)18-12-19(14-21-13-18)24-11-8-16-6-3-4-7-17(16)15-24/h3-4,6-7,12-14H,5,8-11,15H2,1-2H3,(H,22,25). The number of pyridine rings is 1. The first kappa shape index (κ1) is 17.4. The minimum atomic E-state index is -0.0504. The maximum atomic E-state index is 12.3. The van der Waals surface area contributed by atoms with Gasteiger partial charge in [0.15, 0.2) is 0 Å². The second-order valence-corrected chi connectivity index (χ2v) is 6.78. The van der Waals surface area contributed by atoms with Crippen molar-refractivity contribution in [1.29, 1.82) is 0 Å². The van der Waals surface area contributed by atoms with Crippen molar-refractivity contribution in [3.63, 3.8) is 0 Å². The molecule has 1 aromatic heterocycles. The lowest BCUT2D eigenvalue weighted by Gasteiger charge is -2.30. The van der Waals surface area contributed by atoms with E-state index in [1.807, 2.05) is 26.4 Å². The van der Waals surface area contributed by atoms with Gasteiger partial charge in [-0.05, 0) is 50.7 Å². The molecule has 25 heavy (non-hydrogen) atoms. The molecule has 1 aromatic carbocycles. The van der Waals surface area contributed by atoms with E-state index in [9.17, 15) is 4.79 Å². The fraction of sp³-hybridized carbons (Fsp3) is 0.400. The molecule has 0 fully saturated rings. The minimum Gasteiger partial charge on any atom is -0.366 e. The number of nitrogens with zero attached hydrogens (tertiary/aromatic N) is 3.